The highest BCUT2D eigenvalue weighted by atomic mass is 79.9. The molecule has 0 saturated heterocycles. The van der Waals surface area contributed by atoms with Gasteiger partial charge in [0.2, 0.25) is 5.95 Å². The fraction of sp³-hybridized carbons (Fsp3) is 0.0909. The highest BCUT2D eigenvalue weighted by molar-refractivity contribution is 9.08. The molecule has 1 aromatic carbocycles. The van der Waals surface area contributed by atoms with Gasteiger partial charge in [-0.2, -0.15) is 5.10 Å². The second-order valence-electron chi connectivity index (χ2n) is 3.25. The van der Waals surface area contributed by atoms with Gasteiger partial charge in [-0.25, -0.2) is 4.98 Å². The van der Waals surface area contributed by atoms with Crippen LogP contribution in [0.4, 0.5) is 5.95 Å². The monoisotopic (exact) mass is 292 g/mol. The molecule has 0 aliphatic carbocycles. The Morgan fingerprint density at radius 1 is 1.24 bits per heavy atom. The average molecular weight is 293 g/mol. The van der Waals surface area contributed by atoms with Gasteiger partial charge in [-0.05, 0) is 17.7 Å². The smallest absolute Gasteiger partial charge is 0.258 e. The Morgan fingerprint density at radius 2 is 2.00 bits per heavy atom. The van der Waals surface area contributed by atoms with Crippen LogP contribution >= 0.6 is 15.9 Å². The Balaban J connectivity index is 2.09. The number of rotatable bonds is 3. The number of aromatic nitrogens is 3. The Kier molecular flexibility index (Phi) is 3.77. The molecule has 1 heterocycles. The van der Waals surface area contributed by atoms with Gasteiger partial charge in [0.15, 0.2) is 0 Å². The first-order valence-corrected chi connectivity index (χ1v) is 6.01. The van der Waals surface area contributed by atoms with Crippen molar-refractivity contribution in [3.63, 3.8) is 0 Å². The topological polar surface area (TPSA) is 67.8 Å². The van der Waals surface area contributed by atoms with Crippen LogP contribution in [0.15, 0.2) is 36.7 Å². The van der Waals surface area contributed by atoms with E-state index in [1.807, 2.05) is 12.1 Å². The predicted octanol–water partition coefficient (Wildman–Crippen LogP) is 2.02. The fourth-order valence-electron chi connectivity index (χ4n) is 1.22. The summed E-state index contributed by atoms with van der Waals surface area (Å²) in [6.07, 6.45) is 2.91. The molecule has 1 aromatic heterocycles. The van der Waals surface area contributed by atoms with Crippen molar-refractivity contribution in [3.8, 4) is 0 Å². The van der Waals surface area contributed by atoms with Gasteiger partial charge < -0.3 is 0 Å². The summed E-state index contributed by atoms with van der Waals surface area (Å²) in [6, 6.07) is 7.27. The van der Waals surface area contributed by atoms with E-state index in [1.165, 1.54) is 12.4 Å². The summed E-state index contributed by atoms with van der Waals surface area (Å²) >= 11 is 3.34. The quantitative estimate of drug-likeness (QED) is 0.879. The normalized spacial score (nSPS) is 9.94. The molecule has 2 rings (SSSR count). The molecule has 5 nitrogen and oxygen atoms in total. The number of hydrogen-bond donors (Lipinski definition) is 1. The molecule has 2 aromatic rings. The maximum absolute atomic E-state index is 11.8. The third-order valence-corrected chi connectivity index (χ3v) is 2.73. The summed E-state index contributed by atoms with van der Waals surface area (Å²) < 4.78 is 0. The molecular formula is C11H9BrN4O. The summed E-state index contributed by atoms with van der Waals surface area (Å²) in [7, 11) is 0. The summed E-state index contributed by atoms with van der Waals surface area (Å²) in [5.74, 6) is -0.0545. The van der Waals surface area contributed by atoms with Crippen LogP contribution in [-0.4, -0.2) is 21.1 Å². The van der Waals surface area contributed by atoms with E-state index in [1.54, 1.807) is 12.1 Å². The van der Waals surface area contributed by atoms with Crippen LogP contribution in [0.25, 0.3) is 0 Å². The van der Waals surface area contributed by atoms with E-state index in [2.05, 4.69) is 36.4 Å². The average Bonchev–Trinajstić information content (AvgIpc) is 2.40. The van der Waals surface area contributed by atoms with Gasteiger partial charge in [-0.3, -0.25) is 10.1 Å². The molecule has 1 amide bonds. The van der Waals surface area contributed by atoms with Gasteiger partial charge in [-0.1, -0.05) is 28.1 Å². The number of anilines is 1. The number of carbonyl (C=O) groups excluding carboxylic acids is 1. The van der Waals surface area contributed by atoms with Crippen molar-refractivity contribution in [2.75, 3.05) is 5.32 Å². The van der Waals surface area contributed by atoms with Gasteiger partial charge in [0.1, 0.15) is 0 Å². The minimum absolute atomic E-state index is 0.196. The summed E-state index contributed by atoms with van der Waals surface area (Å²) in [5.41, 5.74) is 1.67. The molecule has 0 atom stereocenters. The first-order chi connectivity index (χ1) is 8.29. The van der Waals surface area contributed by atoms with E-state index in [0.29, 0.717) is 5.56 Å². The van der Waals surface area contributed by atoms with Gasteiger partial charge >= 0.3 is 0 Å². The molecule has 0 aliphatic heterocycles. The van der Waals surface area contributed by atoms with Crippen LogP contribution in [0, 0.1) is 0 Å². The molecule has 86 valence electrons. The molecule has 0 radical (unpaired) electrons. The Hall–Kier alpha value is -1.82. The van der Waals surface area contributed by atoms with Crippen molar-refractivity contribution in [1.82, 2.24) is 15.2 Å². The first-order valence-electron chi connectivity index (χ1n) is 4.89. The number of hydrogen-bond acceptors (Lipinski definition) is 4. The number of nitrogens with zero attached hydrogens (tertiary/aromatic N) is 3. The highest BCUT2D eigenvalue weighted by Gasteiger charge is 2.07. The third kappa shape index (κ3) is 3.07. The lowest BCUT2D eigenvalue weighted by molar-refractivity contribution is 0.102. The number of carbonyl (C=O) groups is 1. The lowest BCUT2D eigenvalue weighted by atomic mass is 10.1. The Labute approximate surface area is 106 Å². The number of alkyl halides is 1. The van der Waals surface area contributed by atoms with E-state index in [-0.39, 0.29) is 11.9 Å². The van der Waals surface area contributed by atoms with Gasteiger partial charge in [0.05, 0.1) is 12.4 Å². The lowest BCUT2D eigenvalue weighted by Gasteiger charge is -2.03. The molecule has 17 heavy (non-hydrogen) atoms. The van der Waals surface area contributed by atoms with E-state index in [4.69, 9.17) is 0 Å². The number of benzene rings is 1. The van der Waals surface area contributed by atoms with Crippen LogP contribution < -0.4 is 5.32 Å². The van der Waals surface area contributed by atoms with Crippen molar-refractivity contribution in [3.05, 3.63) is 47.8 Å². The minimum atomic E-state index is -0.251. The molecule has 0 spiro atoms. The number of amides is 1. The summed E-state index contributed by atoms with van der Waals surface area (Å²) in [6.45, 7) is 0. The predicted molar refractivity (Wildman–Crippen MR) is 66.9 cm³/mol. The van der Waals surface area contributed by atoms with Crippen molar-refractivity contribution in [2.24, 2.45) is 0 Å². The van der Waals surface area contributed by atoms with Crippen molar-refractivity contribution >= 4 is 27.8 Å². The van der Waals surface area contributed by atoms with Crippen molar-refractivity contribution in [1.29, 1.82) is 0 Å². The summed E-state index contributed by atoms with van der Waals surface area (Å²) in [5, 5.41) is 10.6. The van der Waals surface area contributed by atoms with Crippen molar-refractivity contribution < 1.29 is 4.79 Å². The molecule has 0 aliphatic rings. The standard InChI is InChI=1S/C11H9BrN4O/c12-7-8-1-3-9(4-2-8)10(17)15-11-13-5-6-14-16-11/h1-6H,7H2,(H,13,15,16,17). The largest absolute Gasteiger partial charge is 0.289 e. The van der Waals surface area contributed by atoms with Crippen LogP contribution in [-0.2, 0) is 5.33 Å². The molecule has 0 bridgehead atoms. The van der Waals surface area contributed by atoms with Crippen LogP contribution in [0.3, 0.4) is 0 Å². The lowest BCUT2D eigenvalue weighted by Crippen LogP contribution is -2.14. The SMILES string of the molecule is O=C(Nc1nccnn1)c1ccc(CBr)cc1. The van der Waals surface area contributed by atoms with E-state index in [9.17, 15) is 4.79 Å². The second kappa shape index (κ2) is 5.49. The third-order valence-electron chi connectivity index (χ3n) is 2.08. The van der Waals surface area contributed by atoms with Gasteiger partial charge in [0, 0.05) is 10.9 Å². The number of nitrogens with one attached hydrogen (secondary N) is 1. The fourth-order valence-corrected chi connectivity index (χ4v) is 1.60. The minimum Gasteiger partial charge on any atom is -0.289 e. The number of halogens is 1. The zero-order valence-corrected chi connectivity index (χ0v) is 10.4. The molecule has 6 heteroatoms. The maximum atomic E-state index is 11.8. The highest BCUT2D eigenvalue weighted by Crippen LogP contribution is 2.09. The first kappa shape index (κ1) is 11.7. The van der Waals surface area contributed by atoms with E-state index >= 15 is 0 Å². The molecule has 0 fully saturated rings. The molecule has 1 N–H and O–H groups in total. The Morgan fingerprint density at radius 3 is 2.59 bits per heavy atom. The van der Waals surface area contributed by atoms with Gasteiger partial charge in [0.25, 0.3) is 5.91 Å². The van der Waals surface area contributed by atoms with E-state index < -0.39 is 0 Å². The molecule has 0 unspecified atom stereocenters. The van der Waals surface area contributed by atoms with Crippen LogP contribution in [0.5, 0.6) is 0 Å². The van der Waals surface area contributed by atoms with E-state index in [0.717, 1.165) is 10.9 Å². The second-order valence-corrected chi connectivity index (χ2v) is 3.81. The zero-order valence-electron chi connectivity index (χ0n) is 8.80. The van der Waals surface area contributed by atoms with Crippen LogP contribution in [0.1, 0.15) is 15.9 Å². The molecular weight excluding hydrogens is 284 g/mol. The summed E-state index contributed by atoms with van der Waals surface area (Å²) in [4.78, 5) is 15.6. The van der Waals surface area contributed by atoms with Crippen LogP contribution in [0.2, 0.25) is 0 Å². The molecule has 0 saturated carbocycles. The van der Waals surface area contributed by atoms with Crippen molar-refractivity contribution in [2.45, 2.75) is 5.33 Å². The Bertz CT molecular complexity index is 501. The zero-order chi connectivity index (χ0) is 12.1. The van der Waals surface area contributed by atoms with Gasteiger partial charge in [-0.15, -0.1) is 5.10 Å². The maximum Gasteiger partial charge on any atom is 0.258 e.